The Morgan fingerprint density at radius 2 is 1.70 bits per heavy atom. The highest BCUT2D eigenvalue weighted by Crippen LogP contribution is 2.32. The minimum Gasteiger partial charge on any atom is -0.484 e. The van der Waals surface area contributed by atoms with Crippen molar-refractivity contribution in [2.75, 3.05) is 20.3 Å². The Bertz CT molecular complexity index is 900. The lowest BCUT2D eigenvalue weighted by molar-refractivity contribution is -0.119. The molecule has 0 aliphatic heterocycles. The van der Waals surface area contributed by atoms with Gasteiger partial charge in [0.2, 0.25) is 10.0 Å². The summed E-state index contributed by atoms with van der Waals surface area (Å²) >= 11 is 0. The van der Waals surface area contributed by atoms with Gasteiger partial charge in [-0.15, -0.1) is 0 Å². The zero-order valence-electron chi connectivity index (χ0n) is 15.0. The maximum absolute atomic E-state index is 12.6. The smallest absolute Gasteiger partial charge is 0.255 e. The van der Waals surface area contributed by atoms with Gasteiger partial charge in [-0.1, -0.05) is 24.3 Å². The lowest BCUT2D eigenvalue weighted by atomic mass is 10.0. The van der Waals surface area contributed by atoms with Crippen LogP contribution in [-0.2, 0) is 32.4 Å². The summed E-state index contributed by atoms with van der Waals surface area (Å²) < 4.78 is 38.7. The molecule has 0 fully saturated rings. The number of carbonyl (C=O) groups is 1. The molecule has 0 atom stereocenters. The molecule has 0 saturated heterocycles. The molecule has 0 aromatic heterocycles. The normalized spacial score (nSPS) is 15.3. The first-order valence-corrected chi connectivity index (χ1v) is 9.95. The molecular formula is C19H22N2O5S. The summed E-state index contributed by atoms with van der Waals surface area (Å²) in [5.74, 6) is -0.233. The molecule has 3 rings (SSSR count). The average Bonchev–Trinajstić information content (AvgIpc) is 3.04. The van der Waals surface area contributed by atoms with E-state index in [9.17, 15) is 13.2 Å². The van der Waals surface area contributed by atoms with Gasteiger partial charge in [0, 0.05) is 26.5 Å². The van der Waals surface area contributed by atoms with Gasteiger partial charge in [-0.3, -0.25) is 4.79 Å². The number of rotatable bonds is 8. The van der Waals surface area contributed by atoms with Crippen molar-refractivity contribution in [1.29, 1.82) is 0 Å². The van der Waals surface area contributed by atoms with Crippen molar-refractivity contribution in [2.45, 2.75) is 23.3 Å². The summed E-state index contributed by atoms with van der Waals surface area (Å²) in [5, 5.41) is 0. The lowest BCUT2D eigenvalue weighted by Gasteiger charge is -2.27. The number of hydrogen-bond acceptors (Lipinski definition) is 5. The number of sulfonamides is 1. The molecule has 0 spiro atoms. The number of methoxy groups -OCH3 is 1. The minimum absolute atomic E-state index is 0.107. The second kappa shape index (κ2) is 7.67. The number of hydrogen-bond donors (Lipinski definition) is 2. The van der Waals surface area contributed by atoms with Gasteiger partial charge in [0.1, 0.15) is 5.75 Å². The molecule has 1 aliphatic rings. The van der Waals surface area contributed by atoms with Gasteiger partial charge >= 0.3 is 0 Å². The summed E-state index contributed by atoms with van der Waals surface area (Å²) in [6.07, 6.45) is 1.31. The Morgan fingerprint density at radius 3 is 2.22 bits per heavy atom. The molecule has 2 aromatic rings. The van der Waals surface area contributed by atoms with Crippen LogP contribution in [0.4, 0.5) is 0 Å². The fourth-order valence-corrected chi connectivity index (χ4v) is 4.29. The molecule has 8 heteroatoms. The monoisotopic (exact) mass is 390 g/mol. The third kappa shape index (κ3) is 4.47. The average molecular weight is 390 g/mol. The SMILES string of the molecule is COC1(CNS(=O)(=O)c2ccc(OCC(N)=O)cc2)Cc2ccccc2C1. The molecule has 3 N–H and O–H groups in total. The first kappa shape index (κ1) is 19.3. The van der Waals surface area contributed by atoms with E-state index in [0.717, 1.165) is 0 Å². The van der Waals surface area contributed by atoms with Gasteiger partial charge in [0.25, 0.3) is 5.91 Å². The van der Waals surface area contributed by atoms with Crippen LogP contribution in [0.5, 0.6) is 5.75 Å². The first-order chi connectivity index (χ1) is 12.8. The molecule has 144 valence electrons. The molecule has 0 radical (unpaired) electrons. The van der Waals surface area contributed by atoms with E-state index in [1.807, 2.05) is 24.3 Å². The molecule has 0 unspecified atom stereocenters. The number of amides is 1. The molecule has 0 heterocycles. The van der Waals surface area contributed by atoms with Crippen LogP contribution in [0.25, 0.3) is 0 Å². The van der Waals surface area contributed by atoms with Crippen LogP contribution in [0.3, 0.4) is 0 Å². The van der Waals surface area contributed by atoms with Crippen molar-refractivity contribution < 1.29 is 22.7 Å². The Balaban J connectivity index is 1.67. The molecule has 0 saturated carbocycles. The Kier molecular flexibility index (Phi) is 5.50. The van der Waals surface area contributed by atoms with E-state index in [0.29, 0.717) is 18.6 Å². The predicted molar refractivity (Wildman–Crippen MR) is 99.9 cm³/mol. The van der Waals surface area contributed by atoms with Gasteiger partial charge in [-0.25, -0.2) is 13.1 Å². The van der Waals surface area contributed by atoms with Crippen LogP contribution in [0, 0.1) is 0 Å². The molecule has 1 aliphatic carbocycles. The topological polar surface area (TPSA) is 108 Å². The van der Waals surface area contributed by atoms with E-state index in [1.165, 1.54) is 35.4 Å². The van der Waals surface area contributed by atoms with Crippen LogP contribution >= 0.6 is 0 Å². The van der Waals surface area contributed by atoms with Crippen molar-refractivity contribution in [3.8, 4) is 5.75 Å². The first-order valence-electron chi connectivity index (χ1n) is 8.46. The third-order valence-corrected chi connectivity index (χ3v) is 6.09. The summed E-state index contributed by atoms with van der Waals surface area (Å²) in [5.41, 5.74) is 6.77. The van der Waals surface area contributed by atoms with Crippen molar-refractivity contribution in [2.24, 2.45) is 5.73 Å². The van der Waals surface area contributed by atoms with Crippen LogP contribution in [-0.4, -0.2) is 40.2 Å². The van der Waals surface area contributed by atoms with E-state index < -0.39 is 21.5 Å². The fraction of sp³-hybridized carbons (Fsp3) is 0.316. The highest BCUT2D eigenvalue weighted by Gasteiger charge is 2.38. The van der Waals surface area contributed by atoms with E-state index in [-0.39, 0.29) is 18.0 Å². The van der Waals surface area contributed by atoms with E-state index in [4.69, 9.17) is 15.2 Å². The highest BCUT2D eigenvalue weighted by molar-refractivity contribution is 7.89. The molecule has 0 bridgehead atoms. The molecular weight excluding hydrogens is 368 g/mol. The van der Waals surface area contributed by atoms with Gasteiger partial charge < -0.3 is 15.2 Å². The summed E-state index contributed by atoms with van der Waals surface area (Å²) in [6, 6.07) is 13.8. The highest BCUT2D eigenvalue weighted by atomic mass is 32.2. The second-order valence-corrected chi connectivity index (χ2v) is 8.33. The number of nitrogens with one attached hydrogen (secondary N) is 1. The predicted octanol–water partition coefficient (Wildman–Crippen LogP) is 1.01. The summed E-state index contributed by atoms with van der Waals surface area (Å²) in [7, 11) is -2.11. The van der Waals surface area contributed by atoms with Crippen LogP contribution in [0.1, 0.15) is 11.1 Å². The number of nitrogens with two attached hydrogens (primary N) is 1. The second-order valence-electron chi connectivity index (χ2n) is 6.56. The molecule has 1 amide bonds. The number of primary amides is 1. The van der Waals surface area contributed by atoms with Gasteiger partial charge in [-0.05, 0) is 35.4 Å². The maximum Gasteiger partial charge on any atom is 0.255 e. The number of carbonyl (C=O) groups excluding carboxylic acids is 1. The third-order valence-electron chi connectivity index (χ3n) is 4.68. The van der Waals surface area contributed by atoms with E-state index >= 15 is 0 Å². The van der Waals surface area contributed by atoms with E-state index in [2.05, 4.69) is 4.72 Å². The van der Waals surface area contributed by atoms with Gasteiger partial charge in [-0.2, -0.15) is 0 Å². The van der Waals surface area contributed by atoms with Gasteiger partial charge in [0.05, 0.1) is 10.5 Å². The van der Waals surface area contributed by atoms with Crippen molar-refractivity contribution >= 4 is 15.9 Å². The van der Waals surface area contributed by atoms with Crippen LogP contribution in [0.2, 0.25) is 0 Å². The zero-order valence-corrected chi connectivity index (χ0v) is 15.8. The standard InChI is InChI=1S/C19H22N2O5S/c1-25-19(10-14-4-2-3-5-15(14)11-19)13-21-27(23,24)17-8-6-16(7-9-17)26-12-18(20)22/h2-9,21H,10-13H2,1H3,(H2,20,22). The molecule has 2 aromatic carbocycles. The molecule has 27 heavy (non-hydrogen) atoms. The quantitative estimate of drug-likeness (QED) is 0.700. The van der Waals surface area contributed by atoms with Gasteiger partial charge in [0.15, 0.2) is 6.61 Å². The van der Waals surface area contributed by atoms with Crippen LogP contribution in [0.15, 0.2) is 53.4 Å². The van der Waals surface area contributed by atoms with Crippen LogP contribution < -0.4 is 15.2 Å². The number of ether oxygens (including phenoxy) is 2. The zero-order chi connectivity index (χ0) is 19.5. The largest absolute Gasteiger partial charge is 0.484 e. The fourth-order valence-electron chi connectivity index (χ4n) is 3.18. The Labute approximate surface area is 158 Å². The number of fused-ring (bicyclic) bond motifs is 1. The summed E-state index contributed by atoms with van der Waals surface area (Å²) in [6.45, 7) is -0.0955. The van der Waals surface area contributed by atoms with Crippen molar-refractivity contribution in [1.82, 2.24) is 4.72 Å². The maximum atomic E-state index is 12.6. The molecule has 7 nitrogen and oxygen atoms in total. The Morgan fingerprint density at radius 1 is 1.11 bits per heavy atom. The van der Waals surface area contributed by atoms with Crippen molar-refractivity contribution in [3.05, 3.63) is 59.7 Å². The van der Waals surface area contributed by atoms with E-state index in [1.54, 1.807) is 7.11 Å². The minimum atomic E-state index is -3.71. The summed E-state index contributed by atoms with van der Waals surface area (Å²) in [4.78, 5) is 10.8. The van der Waals surface area contributed by atoms with Crippen molar-refractivity contribution in [3.63, 3.8) is 0 Å². The Hall–Kier alpha value is -2.42. The lowest BCUT2D eigenvalue weighted by Crippen LogP contribution is -2.45. The number of benzene rings is 2.